The molecule has 0 aliphatic heterocycles. The molecule has 12 heteroatoms. The summed E-state index contributed by atoms with van der Waals surface area (Å²) < 4.78 is 35.7. The van der Waals surface area contributed by atoms with Gasteiger partial charge in [0.25, 0.3) is 11.6 Å². The quantitative estimate of drug-likeness (QED) is 0.220. The van der Waals surface area contributed by atoms with E-state index in [9.17, 15) is 23.3 Å². The standard InChI is InChI=1S/C21H16ClN3O7S/c1-31-18-11-6-14(13-23-24-21(26)15-7-9-16(22)10-8-15)12-19(18)32-33(29,30)20-5-3-2-4-17(20)25(27)28/h2-13H,1H3,(H,24,26)/b23-13-. The number of halogens is 1. The van der Waals surface area contributed by atoms with Gasteiger partial charge in [-0.25, -0.2) is 5.43 Å². The van der Waals surface area contributed by atoms with E-state index in [1.807, 2.05) is 0 Å². The Morgan fingerprint density at radius 2 is 1.79 bits per heavy atom. The van der Waals surface area contributed by atoms with Crippen molar-refractivity contribution < 1.29 is 27.1 Å². The van der Waals surface area contributed by atoms with Crippen LogP contribution in [0.5, 0.6) is 11.5 Å². The number of nitro groups is 1. The van der Waals surface area contributed by atoms with Crippen molar-refractivity contribution in [3.8, 4) is 11.5 Å². The van der Waals surface area contributed by atoms with Crippen molar-refractivity contribution in [3.05, 3.63) is 93.0 Å². The fourth-order valence-corrected chi connectivity index (χ4v) is 3.88. The lowest BCUT2D eigenvalue weighted by Crippen LogP contribution is -2.17. The van der Waals surface area contributed by atoms with Gasteiger partial charge in [0.2, 0.25) is 0 Å². The maximum absolute atomic E-state index is 12.7. The third-order valence-electron chi connectivity index (χ3n) is 4.20. The van der Waals surface area contributed by atoms with E-state index in [4.69, 9.17) is 20.5 Å². The first kappa shape index (κ1) is 23.7. The molecule has 3 aromatic rings. The van der Waals surface area contributed by atoms with E-state index < -0.39 is 31.5 Å². The number of carbonyl (C=O) groups is 1. The molecule has 0 fully saturated rings. The van der Waals surface area contributed by atoms with Crippen LogP contribution in [0.25, 0.3) is 0 Å². The number of nitrogens with one attached hydrogen (secondary N) is 1. The smallest absolute Gasteiger partial charge is 0.346 e. The van der Waals surface area contributed by atoms with Crippen LogP contribution in [0.2, 0.25) is 5.02 Å². The van der Waals surface area contributed by atoms with Crippen molar-refractivity contribution in [1.29, 1.82) is 0 Å². The molecule has 1 N–H and O–H groups in total. The van der Waals surface area contributed by atoms with Crippen LogP contribution in [0.15, 0.2) is 76.7 Å². The molecule has 0 radical (unpaired) electrons. The van der Waals surface area contributed by atoms with Crippen LogP contribution in [0.1, 0.15) is 15.9 Å². The zero-order valence-electron chi connectivity index (χ0n) is 17.0. The summed E-state index contributed by atoms with van der Waals surface area (Å²) in [5, 5.41) is 15.5. The van der Waals surface area contributed by atoms with Crippen molar-refractivity contribution in [2.45, 2.75) is 4.90 Å². The number of rotatable bonds is 8. The topological polar surface area (TPSA) is 137 Å². The van der Waals surface area contributed by atoms with Crippen LogP contribution < -0.4 is 14.3 Å². The molecule has 170 valence electrons. The van der Waals surface area contributed by atoms with Gasteiger partial charge in [-0.3, -0.25) is 14.9 Å². The molecule has 1 amide bonds. The van der Waals surface area contributed by atoms with E-state index in [-0.39, 0.29) is 11.5 Å². The summed E-state index contributed by atoms with van der Waals surface area (Å²) in [5.41, 5.74) is 2.41. The van der Waals surface area contributed by atoms with Gasteiger partial charge < -0.3 is 8.92 Å². The molecule has 0 saturated heterocycles. The average molecular weight is 490 g/mol. The van der Waals surface area contributed by atoms with Gasteiger partial charge >= 0.3 is 10.1 Å². The van der Waals surface area contributed by atoms with Crippen LogP contribution in [0, 0.1) is 10.1 Å². The Morgan fingerprint density at radius 1 is 1.09 bits per heavy atom. The van der Waals surface area contributed by atoms with Gasteiger partial charge in [-0.15, -0.1) is 0 Å². The Morgan fingerprint density at radius 3 is 2.45 bits per heavy atom. The number of hydrogen-bond acceptors (Lipinski definition) is 8. The van der Waals surface area contributed by atoms with Gasteiger partial charge in [-0.2, -0.15) is 13.5 Å². The van der Waals surface area contributed by atoms with Crippen molar-refractivity contribution in [1.82, 2.24) is 5.43 Å². The van der Waals surface area contributed by atoms with Crippen LogP contribution in [-0.4, -0.2) is 32.6 Å². The Kier molecular flexibility index (Phi) is 7.26. The third-order valence-corrected chi connectivity index (χ3v) is 5.74. The first-order valence-corrected chi connectivity index (χ1v) is 10.9. The molecule has 0 atom stereocenters. The second-order valence-corrected chi connectivity index (χ2v) is 8.33. The second-order valence-electron chi connectivity index (χ2n) is 6.38. The number of nitro benzene ring substituents is 1. The van der Waals surface area contributed by atoms with Gasteiger partial charge in [-0.1, -0.05) is 23.7 Å². The molecule has 0 heterocycles. The fourth-order valence-electron chi connectivity index (χ4n) is 2.65. The summed E-state index contributed by atoms with van der Waals surface area (Å²) in [6.07, 6.45) is 1.26. The predicted octanol–water partition coefficient (Wildman–Crippen LogP) is 3.79. The van der Waals surface area contributed by atoms with Gasteiger partial charge in [0.05, 0.1) is 18.2 Å². The van der Waals surface area contributed by atoms with E-state index in [1.54, 1.807) is 18.2 Å². The molecule has 0 spiro atoms. The number of carbonyl (C=O) groups excluding carboxylic acids is 1. The van der Waals surface area contributed by atoms with Gasteiger partial charge in [0.1, 0.15) is 0 Å². The van der Waals surface area contributed by atoms with Gasteiger partial charge in [0, 0.05) is 16.7 Å². The highest BCUT2D eigenvalue weighted by Crippen LogP contribution is 2.32. The van der Waals surface area contributed by atoms with Crippen LogP contribution in [-0.2, 0) is 10.1 Å². The molecule has 3 rings (SSSR count). The summed E-state index contributed by atoms with van der Waals surface area (Å²) in [5.74, 6) is -0.630. The highest BCUT2D eigenvalue weighted by molar-refractivity contribution is 7.87. The van der Waals surface area contributed by atoms with Gasteiger partial charge in [0.15, 0.2) is 16.4 Å². The summed E-state index contributed by atoms with van der Waals surface area (Å²) in [6, 6.07) is 15.2. The molecule has 0 unspecified atom stereocenters. The van der Waals surface area contributed by atoms with E-state index >= 15 is 0 Å². The number of amides is 1. The summed E-state index contributed by atoms with van der Waals surface area (Å²) in [6.45, 7) is 0. The van der Waals surface area contributed by atoms with E-state index in [0.29, 0.717) is 16.1 Å². The van der Waals surface area contributed by atoms with Crippen LogP contribution >= 0.6 is 11.6 Å². The minimum Gasteiger partial charge on any atom is -0.493 e. The number of ether oxygens (including phenoxy) is 1. The Balaban J connectivity index is 1.82. The van der Waals surface area contributed by atoms with Crippen molar-refractivity contribution >= 4 is 39.5 Å². The molecular formula is C21H16ClN3O7S. The zero-order valence-corrected chi connectivity index (χ0v) is 18.5. The van der Waals surface area contributed by atoms with Crippen molar-refractivity contribution in [2.24, 2.45) is 5.10 Å². The fraction of sp³-hybridized carbons (Fsp3) is 0.0476. The number of methoxy groups -OCH3 is 1. The largest absolute Gasteiger partial charge is 0.493 e. The molecule has 0 bridgehead atoms. The molecular weight excluding hydrogens is 474 g/mol. The Labute approximate surface area is 193 Å². The monoisotopic (exact) mass is 489 g/mol. The van der Waals surface area contributed by atoms with E-state index in [2.05, 4.69) is 10.5 Å². The summed E-state index contributed by atoms with van der Waals surface area (Å²) in [7, 11) is -3.25. The maximum Gasteiger partial charge on any atom is 0.346 e. The molecule has 3 aromatic carbocycles. The average Bonchev–Trinajstić information content (AvgIpc) is 2.79. The minimum absolute atomic E-state index is 0.0690. The van der Waals surface area contributed by atoms with E-state index in [0.717, 1.165) is 12.1 Å². The van der Waals surface area contributed by atoms with Gasteiger partial charge in [-0.05, 0) is 54.1 Å². The number of benzene rings is 3. The lowest BCUT2D eigenvalue weighted by Gasteiger charge is -2.11. The lowest BCUT2D eigenvalue weighted by atomic mass is 10.2. The number of para-hydroxylation sites is 1. The molecule has 0 aliphatic rings. The number of nitrogens with zero attached hydrogens (tertiary/aromatic N) is 2. The Bertz CT molecular complexity index is 1330. The maximum atomic E-state index is 12.7. The van der Waals surface area contributed by atoms with Crippen LogP contribution in [0.4, 0.5) is 5.69 Å². The second kappa shape index (κ2) is 10.1. The molecule has 0 aliphatic carbocycles. The van der Waals surface area contributed by atoms with Crippen LogP contribution in [0.3, 0.4) is 0 Å². The third kappa shape index (κ3) is 5.84. The number of hydrazone groups is 1. The highest BCUT2D eigenvalue weighted by atomic mass is 35.5. The summed E-state index contributed by atoms with van der Waals surface area (Å²) in [4.78, 5) is 21.9. The molecule has 0 saturated carbocycles. The SMILES string of the molecule is COc1ccc(/C=N\NC(=O)c2ccc(Cl)cc2)cc1OS(=O)(=O)c1ccccc1[N+](=O)[O-]. The first-order chi connectivity index (χ1) is 15.7. The normalized spacial score (nSPS) is 11.2. The lowest BCUT2D eigenvalue weighted by molar-refractivity contribution is -0.387. The van der Waals surface area contributed by atoms with Crippen molar-refractivity contribution in [2.75, 3.05) is 7.11 Å². The first-order valence-electron chi connectivity index (χ1n) is 9.16. The Hall–Kier alpha value is -3.96. The highest BCUT2D eigenvalue weighted by Gasteiger charge is 2.28. The van der Waals surface area contributed by atoms with Crippen molar-refractivity contribution in [3.63, 3.8) is 0 Å². The number of hydrogen-bond donors (Lipinski definition) is 1. The summed E-state index contributed by atoms with van der Waals surface area (Å²) >= 11 is 5.79. The minimum atomic E-state index is -4.56. The molecule has 10 nitrogen and oxygen atoms in total. The molecule has 33 heavy (non-hydrogen) atoms. The zero-order chi connectivity index (χ0) is 24.0. The van der Waals surface area contributed by atoms with E-state index in [1.165, 1.54) is 49.7 Å². The molecule has 0 aromatic heterocycles. The predicted molar refractivity (Wildman–Crippen MR) is 120 cm³/mol.